The number of hydrogen-bond acceptors (Lipinski definition) is 2. The first-order chi connectivity index (χ1) is 16.9. The van der Waals surface area contributed by atoms with Gasteiger partial charge in [0.05, 0.1) is 22.1 Å². The Morgan fingerprint density at radius 1 is 0.353 bits per heavy atom. The molecular weight excluding hydrogens is 412 g/mol. The van der Waals surface area contributed by atoms with Gasteiger partial charge < -0.3 is 0 Å². The van der Waals surface area contributed by atoms with Crippen LogP contribution >= 0.6 is 0 Å². The van der Waals surface area contributed by atoms with Gasteiger partial charge in [-0.1, -0.05) is 103 Å². The highest BCUT2D eigenvalue weighted by Crippen LogP contribution is 2.34. The fourth-order valence-corrected chi connectivity index (χ4v) is 4.48. The van der Waals surface area contributed by atoms with Crippen molar-refractivity contribution in [1.82, 2.24) is 9.97 Å². The van der Waals surface area contributed by atoms with E-state index >= 15 is 0 Å². The van der Waals surface area contributed by atoms with Gasteiger partial charge in [-0.3, -0.25) is 0 Å². The smallest absolute Gasteiger partial charge is 0.0715 e. The maximum Gasteiger partial charge on any atom is 0.0715 e. The van der Waals surface area contributed by atoms with E-state index in [1.807, 2.05) is 48.5 Å². The van der Waals surface area contributed by atoms with Crippen LogP contribution in [0.3, 0.4) is 0 Å². The standard InChI is InChI=1S/C19H13N.C13H9N/c1-2-8-14(9-3-1)19-15-10-4-6-12-17(15)20-18-13-7-5-11-16(18)19;1-3-7-12-10(5-1)9-11-6-2-4-8-13(11)14-12/h1-13H;1-9H. The summed E-state index contributed by atoms with van der Waals surface area (Å²) in [5.41, 5.74) is 6.72. The number of fused-ring (bicyclic) bond motifs is 4. The molecule has 0 bridgehead atoms. The predicted octanol–water partition coefficient (Wildman–Crippen LogP) is 8.44. The highest BCUT2D eigenvalue weighted by molar-refractivity contribution is 6.09. The highest BCUT2D eigenvalue weighted by atomic mass is 14.7. The normalized spacial score (nSPS) is 10.9. The number of aromatic nitrogens is 2. The second-order valence-corrected chi connectivity index (χ2v) is 8.26. The molecule has 0 unspecified atom stereocenters. The summed E-state index contributed by atoms with van der Waals surface area (Å²) in [5, 5.41) is 4.81. The Balaban J connectivity index is 0.000000136. The summed E-state index contributed by atoms with van der Waals surface area (Å²) in [6.07, 6.45) is 0. The predicted molar refractivity (Wildman–Crippen MR) is 144 cm³/mol. The minimum Gasteiger partial charge on any atom is -0.248 e. The summed E-state index contributed by atoms with van der Waals surface area (Å²) in [6, 6.07) is 45.8. The van der Waals surface area contributed by atoms with Crippen LogP contribution in [0.5, 0.6) is 0 Å². The van der Waals surface area contributed by atoms with E-state index in [9.17, 15) is 0 Å². The van der Waals surface area contributed by atoms with E-state index in [4.69, 9.17) is 4.98 Å². The number of para-hydroxylation sites is 4. The fraction of sp³-hybridized carbons (Fsp3) is 0. The van der Waals surface area contributed by atoms with E-state index < -0.39 is 0 Å². The van der Waals surface area contributed by atoms with Gasteiger partial charge in [0.1, 0.15) is 0 Å². The third-order valence-electron chi connectivity index (χ3n) is 6.08. The lowest BCUT2D eigenvalue weighted by Gasteiger charge is -2.10. The number of pyridine rings is 2. The molecule has 0 spiro atoms. The van der Waals surface area contributed by atoms with Crippen LogP contribution in [0.1, 0.15) is 0 Å². The topological polar surface area (TPSA) is 25.8 Å². The maximum atomic E-state index is 4.76. The van der Waals surface area contributed by atoms with Crippen LogP contribution < -0.4 is 0 Å². The van der Waals surface area contributed by atoms with Gasteiger partial charge in [0.25, 0.3) is 0 Å². The Morgan fingerprint density at radius 3 is 1.32 bits per heavy atom. The van der Waals surface area contributed by atoms with Gasteiger partial charge in [0, 0.05) is 27.1 Å². The van der Waals surface area contributed by atoms with Crippen LogP contribution in [0.4, 0.5) is 0 Å². The average molecular weight is 435 g/mol. The van der Waals surface area contributed by atoms with Crippen molar-refractivity contribution in [1.29, 1.82) is 0 Å². The lowest BCUT2D eigenvalue weighted by molar-refractivity contribution is 1.49. The van der Waals surface area contributed by atoms with Crippen molar-refractivity contribution in [2.24, 2.45) is 0 Å². The first-order valence-corrected chi connectivity index (χ1v) is 11.4. The molecule has 0 radical (unpaired) electrons. The number of nitrogens with zero attached hydrogens (tertiary/aromatic N) is 2. The Bertz CT molecular complexity index is 1600. The van der Waals surface area contributed by atoms with E-state index in [2.05, 4.69) is 89.9 Å². The molecule has 0 saturated carbocycles. The van der Waals surface area contributed by atoms with Crippen LogP contribution in [-0.2, 0) is 0 Å². The number of hydrogen-bond donors (Lipinski definition) is 0. The van der Waals surface area contributed by atoms with Crippen molar-refractivity contribution in [2.75, 3.05) is 0 Å². The van der Waals surface area contributed by atoms with Gasteiger partial charge in [-0.05, 0) is 35.9 Å². The van der Waals surface area contributed by atoms with E-state index in [1.54, 1.807) is 0 Å². The molecule has 0 amide bonds. The minimum atomic E-state index is 1.05. The fourth-order valence-electron chi connectivity index (χ4n) is 4.48. The van der Waals surface area contributed by atoms with Crippen molar-refractivity contribution in [3.8, 4) is 11.1 Å². The molecule has 0 atom stereocenters. The van der Waals surface area contributed by atoms with Crippen LogP contribution in [0.2, 0.25) is 0 Å². The Kier molecular flexibility index (Phi) is 5.17. The zero-order valence-corrected chi connectivity index (χ0v) is 18.6. The summed E-state index contributed by atoms with van der Waals surface area (Å²) >= 11 is 0. The van der Waals surface area contributed by atoms with Gasteiger partial charge >= 0.3 is 0 Å². The Morgan fingerprint density at radius 2 is 0.765 bits per heavy atom. The minimum absolute atomic E-state index is 1.05. The zero-order valence-electron chi connectivity index (χ0n) is 18.6. The lowest BCUT2D eigenvalue weighted by atomic mass is 9.96. The molecule has 0 aliphatic rings. The molecule has 0 N–H and O–H groups in total. The van der Waals surface area contributed by atoms with Crippen molar-refractivity contribution < 1.29 is 0 Å². The summed E-state index contributed by atoms with van der Waals surface area (Å²) in [4.78, 5) is 9.34. The monoisotopic (exact) mass is 434 g/mol. The molecule has 0 aliphatic heterocycles. The quantitative estimate of drug-likeness (QED) is 0.242. The first-order valence-electron chi connectivity index (χ1n) is 11.4. The summed E-state index contributed by atoms with van der Waals surface area (Å²) in [5.74, 6) is 0. The van der Waals surface area contributed by atoms with Crippen LogP contribution in [-0.4, -0.2) is 9.97 Å². The van der Waals surface area contributed by atoms with E-state index in [1.165, 1.54) is 32.7 Å². The second-order valence-electron chi connectivity index (χ2n) is 8.26. The van der Waals surface area contributed by atoms with Crippen molar-refractivity contribution in [3.63, 3.8) is 0 Å². The second kappa shape index (κ2) is 8.76. The average Bonchev–Trinajstić information content (AvgIpc) is 2.91. The van der Waals surface area contributed by atoms with E-state index in [-0.39, 0.29) is 0 Å². The molecular formula is C32H22N2. The first kappa shape index (κ1) is 20.1. The van der Waals surface area contributed by atoms with Crippen LogP contribution in [0, 0.1) is 0 Å². The van der Waals surface area contributed by atoms with Crippen LogP contribution in [0.25, 0.3) is 54.7 Å². The molecule has 2 nitrogen and oxygen atoms in total. The third-order valence-corrected chi connectivity index (χ3v) is 6.08. The molecule has 5 aromatic carbocycles. The van der Waals surface area contributed by atoms with Gasteiger partial charge in [0.15, 0.2) is 0 Å². The molecule has 7 aromatic rings. The van der Waals surface area contributed by atoms with Gasteiger partial charge in [0.2, 0.25) is 0 Å². The van der Waals surface area contributed by atoms with E-state index in [0.29, 0.717) is 0 Å². The van der Waals surface area contributed by atoms with Crippen molar-refractivity contribution in [3.05, 3.63) is 133 Å². The maximum absolute atomic E-state index is 4.76. The van der Waals surface area contributed by atoms with Gasteiger partial charge in [-0.2, -0.15) is 0 Å². The molecule has 2 heteroatoms. The summed E-state index contributed by atoms with van der Waals surface area (Å²) in [6.45, 7) is 0. The third kappa shape index (κ3) is 3.76. The Labute approximate surface area is 198 Å². The van der Waals surface area contributed by atoms with Crippen molar-refractivity contribution >= 4 is 43.6 Å². The molecule has 2 heterocycles. The molecule has 34 heavy (non-hydrogen) atoms. The van der Waals surface area contributed by atoms with E-state index in [0.717, 1.165) is 22.1 Å². The molecule has 160 valence electrons. The highest BCUT2D eigenvalue weighted by Gasteiger charge is 2.09. The Hall–Kier alpha value is -4.56. The number of benzene rings is 5. The van der Waals surface area contributed by atoms with Gasteiger partial charge in [-0.25, -0.2) is 9.97 Å². The zero-order chi connectivity index (χ0) is 22.7. The molecule has 2 aromatic heterocycles. The molecule has 0 saturated heterocycles. The summed E-state index contributed by atoms with van der Waals surface area (Å²) < 4.78 is 0. The molecule has 7 rings (SSSR count). The number of rotatable bonds is 1. The molecule has 0 aliphatic carbocycles. The SMILES string of the molecule is c1ccc(-c2c3ccccc3nc3ccccc23)cc1.c1ccc2nc3ccccc3cc2c1. The molecule has 0 fully saturated rings. The van der Waals surface area contributed by atoms with Crippen molar-refractivity contribution in [2.45, 2.75) is 0 Å². The summed E-state index contributed by atoms with van der Waals surface area (Å²) in [7, 11) is 0. The van der Waals surface area contributed by atoms with Gasteiger partial charge in [-0.15, -0.1) is 0 Å². The lowest BCUT2D eigenvalue weighted by Crippen LogP contribution is -1.88. The largest absolute Gasteiger partial charge is 0.248 e. The van der Waals surface area contributed by atoms with Crippen LogP contribution in [0.15, 0.2) is 133 Å².